The highest BCUT2D eigenvalue weighted by atomic mass is 32.1. The zero-order valence-corrected chi connectivity index (χ0v) is 14.0. The minimum absolute atomic E-state index is 0.0704. The van der Waals surface area contributed by atoms with Crippen LogP contribution in [0.5, 0.6) is 0 Å². The van der Waals surface area contributed by atoms with Gasteiger partial charge in [0.05, 0.1) is 22.2 Å². The lowest BCUT2D eigenvalue weighted by atomic mass is 10.1. The third-order valence-corrected chi connectivity index (χ3v) is 5.27. The highest BCUT2D eigenvalue weighted by Gasteiger charge is 2.23. The fraction of sp³-hybridized carbons (Fsp3) is 0.176. The Morgan fingerprint density at radius 1 is 1.36 bits per heavy atom. The summed E-state index contributed by atoms with van der Waals surface area (Å²) < 4.78 is 0. The average molecular weight is 354 g/mol. The van der Waals surface area contributed by atoms with Crippen molar-refractivity contribution in [2.75, 3.05) is 18.0 Å². The van der Waals surface area contributed by atoms with Gasteiger partial charge in [0, 0.05) is 24.0 Å². The first-order valence-electron chi connectivity index (χ1n) is 7.77. The van der Waals surface area contributed by atoms with Crippen LogP contribution in [0.15, 0.2) is 46.8 Å². The maximum Gasteiger partial charge on any atom is 0.293 e. The quantitative estimate of drug-likeness (QED) is 0.576. The van der Waals surface area contributed by atoms with E-state index in [9.17, 15) is 14.9 Å². The molecule has 3 heterocycles. The van der Waals surface area contributed by atoms with Gasteiger partial charge in [-0.15, -0.1) is 11.3 Å². The molecule has 0 amide bonds. The van der Waals surface area contributed by atoms with Gasteiger partial charge in [0.2, 0.25) is 0 Å². The lowest BCUT2D eigenvalue weighted by Gasteiger charge is -2.28. The third-order valence-electron chi connectivity index (χ3n) is 4.32. The summed E-state index contributed by atoms with van der Waals surface area (Å²) in [7, 11) is 0. The molecule has 0 radical (unpaired) electrons. The topological polar surface area (TPSA) is 92.1 Å². The number of aromatic amines is 1. The van der Waals surface area contributed by atoms with E-state index in [1.807, 2.05) is 16.3 Å². The molecular formula is C17H14N4O3S. The second-order valence-electron chi connectivity index (χ2n) is 5.75. The Bertz CT molecular complexity index is 1040. The number of nitro groups is 1. The van der Waals surface area contributed by atoms with Crippen LogP contribution in [0.1, 0.15) is 11.3 Å². The predicted molar refractivity (Wildman–Crippen MR) is 98.1 cm³/mol. The van der Waals surface area contributed by atoms with Gasteiger partial charge < -0.3 is 9.88 Å². The number of thiophene rings is 1. The lowest BCUT2D eigenvalue weighted by Crippen LogP contribution is -2.29. The molecule has 3 aromatic rings. The maximum atomic E-state index is 11.9. The molecule has 7 nitrogen and oxygen atoms in total. The van der Waals surface area contributed by atoms with Crippen molar-refractivity contribution in [3.05, 3.63) is 67.4 Å². The van der Waals surface area contributed by atoms with E-state index in [-0.39, 0.29) is 16.6 Å². The summed E-state index contributed by atoms with van der Waals surface area (Å²) in [5.74, 6) is 0. The van der Waals surface area contributed by atoms with E-state index in [0.29, 0.717) is 24.3 Å². The molecule has 126 valence electrons. The van der Waals surface area contributed by atoms with Crippen molar-refractivity contribution in [1.29, 1.82) is 0 Å². The first kappa shape index (κ1) is 15.5. The van der Waals surface area contributed by atoms with Crippen molar-refractivity contribution in [2.24, 2.45) is 0 Å². The fourth-order valence-corrected chi connectivity index (χ4v) is 3.86. The SMILES string of the molecule is O=c1[nH]cnc2cc(N3CC=C(c4cccs4)CC3)c([N+](=O)[O-])cc12. The summed E-state index contributed by atoms with van der Waals surface area (Å²) in [6.07, 6.45) is 4.23. The summed E-state index contributed by atoms with van der Waals surface area (Å²) in [6.45, 7) is 1.27. The summed E-state index contributed by atoms with van der Waals surface area (Å²) in [4.78, 5) is 32.7. The highest BCUT2D eigenvalue weighted by Crippen LogP contribution is 2.34. The van der Waals surface area contributed by atoms with E-state index >= 15 is 0 Å². The fourth-order valence-electron chi connectivity index (χ4n) is 3.07. The molecule has 1 N–H and O–H groups in total. The Labute approximate surface area is 146 Å². The molecule has 0 saturated heterocycles. The van der Waals surface area contributed by atoms with Gasteiger partial charge in [-0.2, -0.15) is 0 Å². The van der Waals surface area contributed by atoms with Gasteiger partial charge in [-0.3, -0.25) is 14.9 Å². The summed E-state index contributed by atoms with van der Waals surface area (Å²) in [6, 6.07) is 7.05. The minimum atomic E-state index is -0.445. The van der Waals surface area contributed by atoms with Crippen molar-refractivity contribution in [1.82, 2.24) is 9.97 Å². The predicted octanol–water partition coefficient (Wildman–Crippen LogP) is 3.19. The molecule has 0 spiro atoms. The van der Waals surface area contributed by atoms with Gasteiger partial charge in [0.1, 0.15) is 5.69 Å². The zero-order valence-electron chi connectivity index (χ0n) is 13.1. The Kier molecular flexibility index (Phi) is 3.81. The molecule has 8 heteroatoms. The Morgan fingerprint density at radius 2 is 2.24 bits per heavy atom. The molecule has 0 saturated carbocycles. The van der Waals surface area contributed by atoms with Crippen molar-refractivity contribution in [3.63, 3.8) is 0 Å². The van der Waals surface area contributed by atoms with Crippen LogP contribution in [0, 0.1) is 10.1 Å². The second kappa shape index (κ2) is 6.14. The van der Waals surface area contributed by atoms with Crippen molar-refractivity contribution < 1.29 is 4.92 Å². The van der Waals surface area contributed by atoms with E-state index < -0.39 is 4.92 Å². The summed E-state index contributed by atoms with van der Waals surface area (Å²) in [5.41, 5.74) is 1.77. The van der Waals surface area contributed by atoms with E-state index in [1.54, 1.807) is 17.4 Å². The van der Waals surface area contributed by atoms with Gasteiger partial charge >= 0.3 is 0 Å². The molecule has 4 rings (SSSR count). The van der Waals surface area contributed by atoms with Crippen LogP contribution in [0.2, 0.25) is 0 Å². The van der Waals surface area contributed by atoms with E-state index in [2.05, 4.69) is 22.1 Å². The number of aromatic nitrogens is 2. The number of nitro benzene ring substituents is 1. The second-order valence-corrected chi connectivity index (χ2v) is 6.70. The van der Waals surface area contributed by atoms with Crippen LogP contribution in [0.4, 0.5) is 11.4 Å². The van der Waals surface area contributed by atoms with Crippen LogP contribution in [0.25, 0.3) is 16.5 Å². The molecule has 1 aliphatic rings. The van der Waals surface area contributed by atoms with Gasteiger partial charge in [0.15, 0.2) is 0 Å². The molecule has 1 aromatic carbocycles. The van der Waals surface area contributed by atoms with Crippen LogP contribution in [0.3, 0.4) is 0 Å². The Balaban J connectivity index is 1.75. The van der Waals surface area contributed by atoms with Crippen LogP contribution in [-0.4, -0.2) is 28.0 Å². The number of nitrogens with one attached hydrogen (secondary N) is 1. The molecule has 1 aliphatic heterocycles. The first-order valence-corrected chi connectivity index (χ1v) is 8.65. The standard InChI is InChI=1S/C17H14N4O3S/c22-17-12-8-15(21(23)24)14(9-13(12)18-10-19-17)20-5-3-11(4-6-20)16-2-1-7-25-16/h1-3,7-10H,4-6H2,(H,18,19,22). The number of hydrogen-bond donors (Lipinski definition) is 1. The first-order chi connectivity index (χ1) is 12.1. The number of rotatable bonds is 3. The Hall–Kier alpha value is -3.00. The highest BCUT2D eigenvalue weighted by molar-refractivity contribution is 7.11. The van der Waals surface area contributed by atoms with Crippen LogP contribution < -0.4 is 10.5 Å². The van der Waals surface area contributed by atoms with Crippen LogP contribution >= 0.6 is 11.3 Å². The molecule has 0 bridgehead atoms. The van der Waals surface area contributed by atoms with Crippen LogP contribution in [-0.2, 0) is 0 Å². The van der Waals surface area contributed by atoms with E-state index in [1.165, 1.54) is 22.8 Å². The van der Waals surface area contributed by atoms with Crippen molar-refractivity contribution in [3.8, 4) is 0 Å². The van der Waals surface area contributed by atoms with E-state index in [0.717, 1.165) is 6.42 Å². The molecule has 0 atom stereocenters. The number of H-pyrrole nitrogens is 1. The largest absolute Gasteiger partial charge is 0.362 e. The van der Waals surface area contributed by atoms with Gasteiger partial charge in [-0.25, -0.2) is 4.98 Å². The zero-order chi connectivity index (χ0) is 17.4. The summed E-state index contributed by atoms with van der Waals surface area (Å²) >= 11 is 1.69. The smallest absolute Gasteiger partial charge is 0.293 e. The molecular weight excluding hydrogens is 340 g/mol. The molecule has 25 heavy (non-hydrogen) atoms. The maximum absolute atomic E-state index is 11.9. The minimum Gasteiger partial charge on any atom is -0.362 e. The Morgan fingerprint density at radius 3 is 2.92 bits per heavy atom. The normalized spacial score (nSPS) is 14.6. The van der Waals surface area contributed by atoms with Gasteiger partial charge in [-0.1, -0.05) is 12.1 Å². The number of benzene rings is 1. The van der Waals surface area contributed by atoms with Crippen molar-refractivity contribution >= 4 is 39.2 Å². The molecule has 0 aliphatic carbocycles. The lowest BCUT2D eigenvalue weighted by molar-refractivity contribution is -0.384. The monoisotopic (exact) mass is 354 g/mol. The molecule has 0 fully saturated rings. The third kappa shape index (κ3) is 2.80. The number of nitrogens with zero attached hydrogens (tertiary/aromatic N) is 3. The summed E-state index contributed by atoms with van der Waals surface area (Å²) in [5, 5.41) is 13.8. The van der Waals surface area contributed by atoms with Gasteiger partial charge in [0.25, 0.3) is 11.2 Å². The number of anilines is 1. The number of fused-ring (bicyclic) bond motifs is 1. The van der Waals surface area contributed by atoms with Gasteiger partial charge in [-0.05, 0) is 29.5 Å². The molecule has 0 unspecified atom stereocenters. The molecule has 2 aromatic heterocycles. The van der Waals surface area contributed by atoms with Crippen molar-refractivity contribution in [2.45, 2.75) is 6.42 Å². The van der Waals surface area contributed by atoms with E-state index in [4.69, 9.17) is 0 Å². The average Bonchev–Trinajstić information content (AvgIpc) is 3.16. The number of hydrogen-bond acceptors (Lipinski definition) is 6.